The molecule has 0 spiro atoms. The van der Waals surface area contributed by atoms with Crippen LogP contribution in [-0.2, 0) is 16.1 Å². The summed E-state index contributed by atoms with van der Waals surface area (Å²) in [7, 11) is 0. The molecule has 210 valence electrons. The van der Waals surface area contributed by atoms with Gasteiger partial charge in [0.15, 0.2) is 0 Å². The van der Waals surface area contributed by atoms with Crippen molar-refractivity contribution in [1.82, 2.24) is 9.80 Å². The Morgan fingerprint density at radius 3 is 2.34 bits per heavy atom. The molecule has 1 saturated carbocycles. The molecule has 1 saturated heterocycles. The topological polar surface area (TPSA) is 65.1 Å². The molecular formula is C34H36N4O3. The van der Waals surface area contributed by atoms with E-state index in [0.717, 1.165) is 28.6 Å². The molecule has 3 amide bonds. The maximum absolute atomic E-state index is 13.9. The van der Waals surface area contributed by atoms with Gasteiger partial charge in [-0.3, -0.25) is 9.69 Å². The molecule has 3 aromatic rings. The summed E-state index contributed by atoms with van der Waals surface area (Å²) in [6, 6.07) is 27.6. The number of benzene rings is 3. The molecule has 1 aliphatic carbocycles. The summed E-state index contributed by atoms with van der Waals surface area (Å²) >= 11 is 0. The third-order valence-corrected chi connectivity index (χ3v) is 8.13. The summed E-state index contributed by atoms with van der Waals surface area (Å²) in [4.78, 5) is 32.7. The highest BCUT2D eigenvalue weighted by atomic mass is 16.5. The van der Waals surface area contributed by atoms with Crippen molar-refractivity contribution in [2.45, 2.75) is 32.3 Å². The van der Waals surface area contributed by atoms with Crippen molar-refractivity contribution in [3.8, 4) is 0 Å². The van der Waals surface area contributed by atoms with Gasteiger partial charge in [0.1, 0.15) is 6.61 Å². The van der Waals surface area contributed by atoms with Gasteiger partial charge in [-0.25, -0.2) is 4.79 Å². The van der Waals surface area contributed by atoms with E-state index in [1.165, 1.54) is 12.0 Å². The number of nitrogens with one attached hydrogen (secondary N) is 1. The Kier molecular flexibility index (Phi) is 7.76. The maximum Gasteiger partial charge on any atom is 0.321 e. The van der Waals surface area contributed by atoms with Crippen molar-refractivity contribution < 1.29 is 14.3 Å². The molecule has 0 radical (unpaired) electrons. The lowest BCUT2D eigenvalue weighted by Crippen LogP contribution is -2.50. The number of carbonyl (C=O) groups is 2. The number of para-hydroxylation sites is 1. The zero-order chi connectivity index (χ0) is 28.2. The molecule has 7 heteroatoms. The standard InChI is InChI=1S/C34H36N4O3/c1-25-22-30(25)27-12-8-13-28(23-27)35-34(40)37-20-18-36(19-21-37)31-16-9-17-38(29-14-6-3-7-15-29)33(39)32(31)41-24-26-10-4-2-5-11-26/h2-15,17,23,25,30H,16,18-22,24H2,1H3,(H,35,40). The summed E-state index contributed by atoms with van der Waals surface area (Å²) in [5.74, 6) is 1.49. The summed E-state index contributed by atoms with van der Waals surface area (Å²) in [6.07, 6.45) is 5.62. The van der Waals surface area contributed by atoms with Crippen molar-refractivity contribution in [2.24, 2.45) is 5.92 Å². The van der Waals surface area contributed by atoms with Crippen molar-refractivity contribution in [2.75, 3.05) is 36.4 Å². The molecule has 3 aliphatic rings. The lowest BCUT2D eigenvalue weighted by atomic mass is 10.1. The first-order valence-electron chi connectivity index (χ1n) is 14.4. The number of anilines is 2. The van der Waals surface area contributed by atoms with E-state index in [0.29, 0.717) is 50.9 Å². The zero-order valence-corrected chi connectivity index (χ0v) is 23.4. The van der Waals surface area contributed by atoms with Gasteiger partial charge in [-0.1, -0.05) is 73.7 Å². The van der Waals surface area contributed by atoms with E-state index in [9.17, 15) is 9.59 Å². The number of rotatable bonds is 7. The number of nitrogens with zero attached hydrogens (tertiary/aromatic N) is 3. The normalized spacial score (nSPS) is 20.6. The molecule has 6 rings (SSSR count). The molecule has 2 atom stereocenters. The minimum absolute atomic E-state index is 0.0905. The van der Waals surface area contributed by atoms with Crippen LogP contribution in [0.2, 0.25) is 0 Å². The van der Waals surface area contributed by atoms with E-state index in [-0.39, 0.29) is 11.9 Å². The van der Waals surface area contributed by atoms with Gasteiger partial charge >= 0.3 is 6.03 Å². The van der Waals surface area contributed by atoms with E-state index >= 15 is 0 Å². The Bertz CT molecular complexity index is 1450. The predicted octanol–water partition coefficient (Wildman–Crippen LogP) is 6.34. The molecule has 7 nitrogen and oxygen atoms in total. The van der Waals surface area contributed by atoms with Gasteiger partial charge in [-0.05, 0) is 53.6 Å². The second kappa shape index (κ2) is 11.9. The summed E-state index contributed by atoms with van der Waals surface area (Å²) in [6.45, 7) is 4.91. The molecule has 0 bridgehead atoms. The maximum atomic E-state index is 13.9. The van der Waals surface area contributed by atoms with Crippen LogP contribution in [0.3, 0.4) is 0 Å². The number of urea groups is 1. The van der Waals surface area contributed by atoms with Gasteiger partial charge in [0.25, 0.3) is 5.91 Å². The second-order valence-corrected chi connectivity index (χ2v) is 11.0. The van der Waals surface area contributed by atoms with Gasteiger partial charge in [0.2, 0.25) is 5.76 Å². The smallest absolute Gasteiger partial charge is 0.321 e. The minimum atomic E-state index is -0.194. The van der Waals surface area contributed by atoms with Gasteiger partial charge in [-0.15, -0.1) is 0 Å². The Labute approximate surface area is 241 Å². The number of hydrogen-bond donors (Lipinski definition) is 1. The van der Waals surface area contributed by atoms with Crippen LogP contribution in [0.1, 0.15) is 36.8 Å². The zero-order valence-electron chi connectivity index (χ0n) is 23.4. The molecule has 3 aromatic carbocycles. The molecule has 2 aliphatic heterocycles. The first-order valence-corrected chi connectivity index (χ1v) is 14.4. The quantitative estimate of drug-likeness (QED) is 0.374. The van der Waals surface area contributed by atoms with Crippen molar-refractivity contribution >= 4 is 23.3 Å². The first kappa shape index (κ1) is 26.7. The lowest BCUT2D eigenvalue weighted by Gasteiger charge is -2.37. The summed E-state index contributed by atoms with van der Waals surface area (Å²) in [5, 5.41) is 3.09. The van der Waals surface area contributed by atoms with Crippen LogP contribution in [0.5, 0.6) is 0 Å². The van der Waals surface area contributed by atoms with Crippen molar-refractivity contribution in [1.29, 1.82) is 0 Å². The van der Waals surface area contributed by atoms with Gasteiger partial charge in [-0.2, -0.15) is 0 Å². The van der Waals surface area contributed by atoms with Gasteiger partial charge in [0, 0.05) is 50.2 Å². The number of allylic oxidation sites excluding steroid dienone is 1. The lowest BCUT2D eigenvalue weighted by molar-refractivity contribution is -0.118. The number of ether oxygens (including phenoxy) is 1. The van der Waals surface area contributed by atoms with Gasteiger partial charge < -0.3 is 19.9 Å². The van der Waals surface area contributed by atoms with Crippen LogP contribution in [0.25, 0.3) is 0 Å². The average molecular weight is 549 g/mol. The van der Waals surface area contributed by atoms with Crippen LogP contribution in [0, 0.1) is 5.92 Å². The molecular weight excluding hydrogens is 512 g/mol. The fraction of sp³-hybridized carbons (Fsp3) is 0.294. The van der Waals surface area contributed by atoms with E-state index in [1.54, 1.807) is 4.90 Å². The molecule has 0 aromatic heterocycles. The highest BCUT2D eigenvalue weighted by molar-refractivity contribution is 6.06. The third kappa shape index (κ3) is 6.14. The Balaban J connectivity index is 1.16. The van der Waals surface area contributed by atoms with E-state index < -0.39 is 0 Å². The molecule has 2 unspecified atom stereocenters. The Morgan fingerprint density at radius 2 is 1.63 bits per heavy atom. The summed E-state index contributed by atoms with van der Waals surface area (Å²) < 4.78 is 6.29. The summed E-state index contributed by atoms with van der Waals surface area (Å²) in [5.41, 5.74) is 4.78. The number of amides is 3. The Hall–Kier alpha value is -4.52. The van der Waals surface area contributed by atoms with Crippen molar-refractivity contribution in [3.05, 3.63) is 120 Å². The molecule has 1 N–H and O–H groups in total. The van der Waals surface area contributed by atoms with E-state index in [4.69, 9.17) is 4.74 Å². The van der Waals surface area contributed by atoms with Crippen molar-refractivity contribution in [3.63, 3.8) is 0 Å². The average Bonchev–Trinajstić information content (AvgIpc) is 3.78. The van der Waals surface area contributed by atoms with E-state index in [1.807, 2.05) is 90.0 Å². The number of hydrogen-bond acceptors (Lipinski definition) is 4. The Morgan fingerprint density at radius 1 is 0.927 bits per heavy atom. The fourth-order valence-electron chi connectivity index (χ4n) is 5.62. The molecule has 2 fully saturated rings. The monoisotopic (exact) mass is 548 g/mol. The second-order valence-electron chi connectivity index (χ2n) is 11.0. The molecule has 41 heavy (non-hydrogen) atoms. The largest absolute Gasteiger partial charge is 0.482 e. The third-order valence-electron chi connectivity index (χ3n) is 8.13. The van der Waals surface area contributed by atoms with Gasteiger partial charge in [0.05, 0.1) is 5.70 Å². The van der Waals surface area contributed by atoms with Crippen LogP contribution in [-0.4, -0.2) is 47.9 Å². The van der Waals surface area contributed by atoms with Crippen LogP contribution in [0.4, 0.5) is 16.2 Å². The van der Waals surface area contributed by atoms with Crippen LogP contribution in [0.15, 0.2) is 109 Å². The highest BCUT2D eigenvalue weighted by Crippen LogP contribution is 2.47. The van der Waals surface area contributed by atoms with Crippen LogP contribution < -0.4 is 10.2 Å². The first-order chi connectivity index (χ1) is 20.1. The highest BCUT2D eigenvalue weighted by Gasteiger charge is 2.34. The minimum Gasteiger partial charge on any atom is -0.482 e. The van der Waals surface area contributed by atoms with Crippen LogP contribution >= 0.6 is 0 Å². The molecule has 2 heterocycles. The number of carbonyl (C=O) groups excluding carboxylic acids is 2. The number of piperazine rings is 1. The van der Waals surface area contributed by atoms with E-state index in [2.05, 4.69) is 29.3 Å². The fourth-order valence-corrected chi connectivity index (χ4v) is 5.62. The predicted molar refractivity (Wildman–Crippen MR) is 161 cm³/mol. The SMILES string of the molecule is CC1CC1c1cccc(NC(=O)N2CCN(C3=C(OCc4ccccc4)C(=O)N(c4ccccc4)C=CC3)CC2)c1.